The van der Waals surface area contributed by atoms with E-state index in [1.165, 1.54) is 21.7 Å². The second-order valence-corrected chi connectivity index (χ2v) is 5.15. The molecule has 2 heterocycles. The van der Waals surface area contributed by atoms with Crippen molar-refractivity contribution >= 4 is 27.4 Å². The Morgan fingerprint density at radius 2 is 1.90 bits per heavy atom. The first kappa shape index (κ1) is 12.0. The molecule has 2 aromatic heterocycles. The van der Waals surface area contributed by atoms with Gasteiger partial charge in [0.05, 0.1) is 0 Å². The van der Waals surface area contributed by atoms with Gasteiger partial charge in [0.15, 0.2) is 0 Å². The fraction of sp³-hybridized carbons (Fsp3) is 0.0556. The van der Waals surface area contributed by atoms with Crippen molar-refractivity contribution in [3.8, 4) is 0 Å². The normalized spacial score (nSPS) is 11.0. The third kappa shape index (κ3) is 2.23. The fourth-order valence-corrected chi connectivity index (χ4v) is 2.68. The van der Waals surface area contributed by atoms with Crippen LogP contribution in [0.1, 0.15) is 5.56 Å². The minimum atomic E-state index is 0.768. The number of rotatable bonds is 3. The van der Waals surface area contributed by atoms with Crippen molar-refractivity contribution in [3.05, 3.63) is 72.7 Å². The van der Waals surface area contributed by atoms with E-state index in [1.54, 1.807) is 0 Å². The van der Waals surface area contributed by atoms with E-state index < -0.39 is 0 Å². The SMILES string of the molecule is c1ccc2c(CNc3ccc4[nH]ccc4c3)cncc2c1. The van der Waals surface area contributed by atoms with E-state index in [2.05, 4.69) is 57.7 Å². The van der Waals surface area contributed by atoms with Crippen LogP contribution in [0.25, 0.3) is 21.7 Å². The second-order valence-electron chi connectivity index (χ2n) is 5.15. The third-order valence-electron chi connectivity index (χ3n) is 3.79. The number of aromatic amines is 1. The summed E-state index contributed by atoms with van der Waals surface area (Å²) in [6.07, 6.45) is 5.80. The smallest absolute Gasteiger partial charge is 0.0455 e. The van der Waals surface area contributed by atoms with Crippen molar-refractivity contribution in [2.75, 3.05) is 5.32 Å². The molecule has 21 heavy (non-hydrogen) atoms. The highest BCUT2D eigenvalue weighted by Gasteiger charge is 2.02. The zero-order chi connectivity index (χ0) is 14.1. The first-order valence-electron chi connectivity index (χ1n) is 7.03. The molecule has 0 fully saturated rings. The van der Waals surface area contributed by atoms with E-state index in [0.29, 0.717) is 0 Å². The van der Waals surface area contributed by atoms with Crippen molar-refractivity contribution < 1.29 is 0 Å². The zero-order valence-corrected chi connectivity index (χ0v) is 11.5. The van der Waals surface area contributed by atoms with Gasteiger partial charge in [-0.25, -0.2) is 0 Å². The van der Waals surface area contributed by atoms with Crippen LogP contribution in [0.15, 0.2) is 67.1 Å². The van der Waals surface area contributed by atoms with Crippen molar-refractivity contribution in [2.45, 2.75) is 6.54 Å². The van der Waals surface area contributed by atoms with E-state index in [0.717, 1.165) is 17.7 Å². The topological polar surface area (TPSA) is 40.7 Å². The Labute approximate surface area is 122 Å². The fourth-order valence-electron chi connectivity index (χ4n) is 2.68. The van der Waals surface area contributed by atoms with Gasteiger partial charge in [0.1, 0.15) is 0 Å². The number of anilines is 1. The maximum Gasteiger partial charge on any atom is 0.0455 e. The monoisotopic (exact) mass is 273 g/mol. The molecule has 4 rings (SSSR count). The first-order chi connectivity index (χ1) is 10.4. The number of hydrogen-bond acceptors (Lipinski definition) is 2. The summed E-state index contributed by atoms with van der Waals surface area (Å²) in [5.74, 6) is 0. The molecular formula is C18H15N3. The quantitative estimate of drug-likeness (QED) is 0.583. The molecule has 0 unspecified atom stereocenters. The van der Waals surface area contributed by atoms with E-state index in [4.69, 9.17) is 0 Å². The summed E-state index contributed by atoms with van der Waals surface area (Å²) >= 11 is 0. The Morgan fingerprint density at radius 1 is 0.952 bits per heavy atom. The molecule has 3 nitrogen and oxygen atoms in total. The van der Waals surface area contributed by atoms with Gasteiger partial charge >= 0.3 is 0 Å². The molecule has 2 N–H and O–H groups in total. The average molecular weight is 273 g/mol. The summed E-state index contributed by atoms with van der Waals surface area (Å²) in [7, 11) is 0. The first-order valence-corrected chi connectivity index (χ1v) is 7.03. The van der Waals surface area contributed by atoms with Gasteiger partial charge in [-0.3, -0.25) is 4.98 Å². The van der Waals surface area contributed by atoms with E-state index in [9.17, 15) is 0 Å². The average Bonchev–Trinajstić information content (AvgIpc) is 3.00. The standard InChI is InChI=1S/C18H15N3/c1-2-4-17-14(3-1)10-19-11-15(17)12-21-16-5-6-18-13(9-16)7-8-20-18/h1-11,20-21H,12H2. The van der Waals surface area contributed by atoms with Crippen LogP contribution in [0.5, 0.6) is 0 Å². The number of pyridine rings is 1. The zero-order valence-electron chi connectivity index (χ0n) is 11.5. The van der Waals surface area contributed by atoms with Crippen LogP contribution in [0.2, 0.25) is 0 Å². The summed E-state index contributed by atoms with van der Waals surface area (Å²) in [5.41, 5.74) is 3.49. The summed E-state index contributed by atoms with van der Waals surface area (Å²) in [4.78, 5) is 7.53. The summed E-state index contributed by atoms with van der Waals surface area (Å²) in [6, 6.07) is 16.8. The predicted octanol–water partition coefficient (Wildman–Crippen LogP) is 4.33. The maximum atomic E-state index is 4.32. The number of nitrogens with one attached hydrogen (secondary N) is 2. The largest absolute Gasteiger partial charge is 0.381 e. The molecule has 0 bridgehead atoms. The van der Waals surface area contributed by atoms with Gasteiger partial charge < -0.3 is 10.3 Å². The molecule has 0 radical (unpaired) electrons. The highest BCUT2D eigenvalue weighted by atomic mass is 14.9. The third-order valence-corrected chi connectivity index (χ3v) is 3.79. The number of fused-ring (bicyclic) bond motifs is 2. The minimum Gasteiger partial charge on any atom is -0.381 e. The Hall–Kier alpha value is -2.81. The molecule has 0 spiro atoms. The van der Waals surface area contributed by atoms with Crippen LogP contribution in [-0.4, -0.2) is 9.97 Å². The maximum absolute atomic E-state index is 4.32. The van der Waals surface area contributed by atoms with Gasteiger partial charge in [0.2, 0.25) is 0 Å². The number of hydrogen-bond donors (Lipinski definition) is 2. The number of H-pyrrole nitrogens is 1. The second kappa shape index (κ2) is 4.94. The highest BCUT2D eigenvalue weighted by Crippen LogP contribution is 2.21. The van der Waals surface area contributed by atoms with Crippen molar-refractivity contribution in [1.29, 1.82) is 0 Å². The van der Waals surface area contributed by atoms with E-state index in [1.807, 2.05) is 24.7 Å². The van der Waals surface area contributed by atoms with Crippen LogP contribution < -0.4 is 5.32 Å². The van der Waals surface area contributed by atoms with Crippen LogP contribution in [0, 0.1) is 0 Å². The molecule has 4 aromatic rings. The van der Waals surface area contributed by atoms with Crippen LogP contribution in [0.3, 0.4) is 0 Å². The molecule has 0 atom stereocenters. The Bertz CT molecular complexity index is 903. The minimum absolute atomic E-state index is 0.768. The molecule has 3 heteroatoms. The molecular weight excluding hydrogens is 258 g/mol. The predicted molar refractivity (Wildman–Crippen MR) is 87.4 cm³/mol. The van der Waals surface area contributed by atoms with Gasteiger partial charge in [0, 0.05) is 47.1 Å². The van der Waals surface area contributed by atoms with Gasteiger partial charge in [-0.15, -0.1) is 0 Å². The lowest BCUT2D eigenvalue weighted by Crippen LogP contribution is -2.00. The molecule has 0 amide bonds. The lowest BCUT2D eigenvalue weighted by Gasteiger charge is -2.09. The van der Waals surface area contributed by atoms with E-state index in [-0.39, 0.29) is 0 Å². The molecule has 0 aliphatic heterocycles. The Kier molecular flexibility index (Phi) is 2.82. The summed E-state index contributed by atoms with van der Waals surface area (Å²) in [6.45, 7) is 0.768. The van der Waals surface area contributed by atoms with Crippen molar-refractivity contribution in [2.24, 2.45) is 0 Å². The molecule has 0 aliphatic rings. The molecule has 2 aromatic carbocycles. The van der Waals surface area contributed by atoms with Crippen molar-refractivity contribution in [1.82, 2.24) is 9.97 Å². The lowest BCUT2D eigenvalue weighted by molar-refractivity contribution is 1.14. The molecule has 0 saturated heterocycles. The van der Waals surface area contributed by atoms with Gasteiger partial charge in [-0.05, 0) is 35.2 Å². The lowest BCUT2D eigenvalue weighted by atomic mass is 10.1. The van der Waals surface area contributed by atoms with Crippen LogP contribution >= 0.6 is 0 Å². The summed E-state index contributed by atoms with van der Waals surface area (Å²) in [5, 5.41) is 7.13. The molecule has 0 aliphatic carbocycles. The van der Waals surface area contributed by atoms with Crippen molar-refractivity contribution in [3.63, 3.8) is 0 Å². The van der Waals surface area contributed by atoms with E-state index >= 15 is 0 Å². The summed E-state index contributed by atoms with van der Waals surface area (Å²) < 4.78 is 0. The van der Waals surface area contributed by atoms with Gasteiger partial charge in [0.25, 0.3) is 0 Å². The Morgan fingerprint density at radius 3 is 2.90 bits per heavy atom. The Balaban J connectivity index is 1.63. The number of aromatic nitrogens is 2. The number of benzene rings is 2. The highest BCUT2D eigenvalue weighted by molar-refractivity contribution is 5.85. The number of nitrogens with zero attached hydrogens (tertiary/aromatic N) is 1. The van der Waals surface area contributed by atoms with Crippen LogP contribution in [0.4, 0.5) is 5.69 Å². The molecule has 102 valence electrons. The van der Waals surface area contributed by atoms with Gasteiger partial charge in [-0.1, -0.05) is 24.3 Å². The van der Waals surface area contributed by atoms with Gasteiger partial charge in [-0.2, -0.15) is 0 Å². The van der Waals surface area contributed by atoms with Crippen LogP contribution in [-0.2, 0) is 6.54 Å². The molecule has 0 saturated carbocycles.